The zero-order valence-corrected chi connectivity index (χ0v) is 27.5. The highest BCUT2D eigenvalue weighted by Gasteiger charge is 2.19. The van der Waals surface area contributed by atoms with Crippen LogP contribution in [-0.4, -0.2) is 63.7 Å². The van der Waals surface area contributed by atoms with E-state index in [9.17, 15) is 0 Å². The second-order valence-corrected chi connectivity index (χ2v) is 24.5. The molecule has 11 heteroatoms. The fourth-order valence-electron chi connectivity index (χ4n) is 3.22. The SMILES string of the molecule is CSc1ccc(Oc2cc(N(COCC[Si](C)(C)C)COCC[Si](C)(C)C)n3ncc(I)c3n2)cc1. The van der Waals surface area contributed by atoms with Gasteiger partial charge >= 0.3 is 0 Å². The van der Waals surface area contributed by atoms with Gasteiger partial charge in [-0.25, -0.2) is 0 Å². The van der Waals surface area contributed by atoms with E-state index in [1.54, 1.807) is 11.8 Å². The minimum absolute atomic E-state index is 0.412. The Balaban J connectivity index is 1.86. The maximum atomic E-state index is 6.18. The number of fused-ring (bicyclic) bond motifs is 1. The molecule has 0 saturated heterocycles. The lowest BCUT2D eigenvalue weighted by molar-refractivity contribution is 0.0942. The summed E-state index contributed by atoms with van der Waals surface area (Å²) in [6, 6.07) is 12.2. The molecule has 7 nitrogen and oxygen atoms in total. The molecular formula is C25H39IN4O3SSi2. The molecule has 0 fully saturated rings. The van der Waals surface area contributed by atoms with Gasteiger partial charge in [-0.05, 0) is 65.2 Å². The molecule has 0 saturated carbocycles. The highest BCUT2D eigenvalue weighted by Crippen LogP contribution is 2.29. The fourth-order valence-corrected chi connectivity index (χ4v) is 5.61. The second kappa shape index (κ2) is 13.1. The molecule has 0 spiro atoms. The molecule has 198 valence electrons. The summed E-state index contributed by atoms with van der Waals surface area (Å²) >= 11 is 3.96. The minimum Gasteiger partial charge on any atom is -0.439 e. The van der Waals surface area contributed by atoms with Crippen molar-refractivity contribution in [3.63, 3.8) is 0 Å². The normalized spacial score (nSPS) is 12.3. The lowest BCUT2D eigenvalue weighted by Gasteiger charge is -2.26. The van der Waals surface area contributed by atoms with Gasteiger partial charge in [-0.15, -0.1) is 11.8 Å². The van der Waals surface area contributed by atoms with Gasteiger partial charge < -0.3 is 19.1 Å². The van der Waals surface area contributed by atoms with Gasteiger partial charge in [-0.2, -0.15) is 14.6 Å². The van der Waals surface area contributed by atoms with E-state index < -0.39 is 16.1 Å². The first-order valence-electron chi connectivity index (χ1n) is 12.2. The Morgan fingerprint density at radius 1 is 0.944 bits per heavy atom. The maximum Gasteiger partial charge on any atom is 0.224 e. The first kappa shape index (κ1) is 29.4. The molecule has 1 aromatic carbocycles. The van der Waals surface area contributed by atoms with Gasteiger partial charge in [0.15, 0.2) is 5.65 Å². The minimum atomic E-state index is -1.18. The molecular weight excluding hydrogens is 619 g/mol. The van der Waals surface area contributed by atoms with Crippen molar-refractivity contribution in [2.24, 2.45) is 0 Å². The van der Waals surface area contributed by atoms with Gasteiger partial charge in [-0.3, -0.25) is 0 Å². The number of thioether (sulfide) groups is 1. The van der Waals surface area contributed by atoms with E-state index in [1.807, 2.05) is 41.0 Å². The van der Waals surface area contributed by atoms with Crippen molar-refractivity contribution >= 4 is 62.0 Å². The highest BCUT2D eigenvalue weighted by atomic mass is 127. The van der Waals surface area contributed by atoms with Gasteiger partial charge in [0, 0.05) is 40.3 Å². The van der Waals surface area contributed by atoms with E-state index in [-0.39, 0.29) is 0 Å². The molecule has 0 N–H and O–H groups in total. The van der Waals surface area contributed by atoms with Crippen molar-refractivity contribution in [3.8, 4) is 11.6 Å². The fraction of sp³-hybridized carbons (Fsp3) is 0.520. The lowest BCUT2D eigenvalue weighted by Crippen LogP contribution is -2.33. The summed E-state index contributed by atoms with van der Waals surface area (Å²) in [6.07, 6.45) is 3.88. The van der Waals surface area contributed by atoms with Crippen LogP contribution in [0, 0.1) is 3.57 Å². The number of hydrogen-bond donors (Lipinski definition) is 0. The number of anilines is 1. The average molecular weight is 659 g/mol. The summed E-state index contributed by atoms with van der Waals surface area (Å²) in [5, 5.41) is 4.59. The summed E-state index contributed by atoms with van der Waals surface area (Å²) in [6.45, 7) is 16.5. The van der Waals surface area contributed by atoms with Crippen molar-refractivity contribution in [2.75, 3.05) is 37.8 Å². The molecule has 0 unspecified atom stereocenters. The Morgan fingerprint density at radius 2 is 1.53 bits per heavy atom. The van der Waals surface area contributed by atoms with E-state index >= 15 is 0 Å². The van der Waals surface area contributed by atoms with E-state index in [2.05, 4.69) is 78.1 Å². The molecule has 3 rings (SSSR count). The molecule has 2 aromatic heterocycles. The van der Waals surface area contributed by atoms with Crippen LogP contribution in [0.4, 0.5) is 5.82 Å². The summed E-state index contributed by atoms with van der Waals surface area (Å²) in [7, 11) is -2.36. The van der Waals surface area contributed by atoms with Crippen molar-refractivity contribution < 1.29 is 14.2 Å². The van der Waals surface area contributed by atoms with Gasteiger partial charge in [0.25, 0.3) is 0 Å². The third kappa shape index (κ3) is 9.32. The predicted octanol–water partition coefficient (Wildman–Crippen LogP) is 7.28. The molecule has 0 aliphatic heterocycles. The first-order valence-corrected chi connectivity index (χ1v) is 21.9. The van der Waals surface area contributed by atoms with Crippen LogP contribution < -0.4 is 9.64 Å². The van der Waals surface area contributed by atoms with Crippen LogP contribution >= 0.6 is 34.4 Å². The average Bonchev–Trinajstić information content (AvgIpc) is 3.17. The Labute approximate surface area is 235 Å². The largest absolute Gasteiger partial charge is 0.439 e. The van der Waals surface area contributed by atoms with Crippen LogP contribution in [0.15, 0.2) is 41.4 Å². The smallest absolute Gasteiger partial charge is 0.224 e. The highest BCUT2D eigenvalue weighted by molar-refractivity contribution is 14.1. The Kier molecular flexibility index (Phi) is 10.7. The Morgan fingerprint density at radius 3 is 2.06 bits per heavy atom. The zero-order valence-electron chi connectivity index (χ0n) is 22.5. The van der Waals surface area contributed by atoms with Crippen LogP contribution in [0.2, 0.25) is 51.4 Å². The molecule has 0 amide bonds. The third-order valence-electron chi connectivity index (χ3n) is 5.48. The quantitative estimate of drug-likeness (QED) is 0.0594. The van der Waals surface area contributed by atoms with E-state index in [4.69, 9.17) is 19.2 Å². The van der Waals surface area contributed by atoms with Gasteiger partial charge in [0.2, 0.25) is 5.88 Å². The van der Waals surface area contributed by atoms with E-state index in [0.717, 1.165) is 46.1 Å². The van der Waals surface area contributed by atoms with Crippen molar-refractivity contribution in [1.82, 2.24) is 14.6 Å². The van der Waals surface area contributed by atoms with Crippen LogP contribution in [-0.2, 0) is 9.47 Å². The zero-order chi connectivity index (χ0) is 26.3. The summed E-state index contributed by atoms with van der Waals surface area (Å²) in [4.78, 5) is 8.01. The molecule has 0 aliphatic carbocycles. The van der Waals surface area contributed by atoms with Gasteiger partial charge in [0.1, 0.15) is 25.0 Å². The molecule has 0 atom stereocenters. The van der Waals surface area contributed by atoms with Crippen LogP contribution in [0.25, 0.3) is 5.65 Å². The Hall–Kier alpha value is -1.13. The number of rotatable bonds is 14. The second-order valence-electron chi connectivity index (χ2n) is 11.2. The number of ether oxygens (including phenoxy) is 3. The first-order chi connectivity index (χ1) is 16.9. The summed E-state index contributed by atoms with van der Waals surface area (Å²) in [5.74, 6) is 2.09. The van der Waals surface area contributed by atoms with E-state index in [0.29, 0.717) is 19.3 Å². The molecule has 0 bridgehead atoms. The monoisotopic (exact) mass is 658 g/mol. The van der Waals surface area contributed by atoms with Crippen molar-refractivity contribution in [3.05, 3.63) is 40.1 Å². The summed E-state index contributed by atoms with van der Waals surface area (Å²) in [5.41, 5.74) is 0.748. The number of aromatic nitrogens is 3. The lowest BCUT2D eigenvalue weighted by atomic mass is 10.3. The van der Waals surface area contributed by atoms with E-state index in [1.165, 1.54) is 4.90 Å². The van der Waals surface area contributed by atoms with Gasteiger partial charge in [0.05, 0.1) is 9.77 Å². The number of hydrogen-bond acceptors (Lipinski definition) is 7. The van der Waals surface area contributed by atoms with Crippen LogP contribution in [0.1, 0.15) is 0 Å². The molecule has 0 aliphatic rings. The van der Waals surface area contributed by atoms with Crippen molar-refractivity contribution in [2.45, 2.75) is 56.3 Å². The van der Waals surface area contributed by atoms with Crippen LogP contribution in [0.5, 0.6) is 11.6 Å². The predicted molar refractivity (Wildman–Crippen MR) is 164 cm³/mol. The molecule has 36 heavy (non-hydrogen) atoms. The van der Waals surface area contributed by atoms with Crippen LogP contribution in [0.3, 0.4) is 0 Å². The molecule has 2 heterocycles. The standard InChI is InChI=1S/C25H39IN4O3SSi2/c1-34-21-10-8-20(9-11-21)33-23-16-24(30-25(28-23)22(26)17-27-30)29(18-31-12-14-35(2,3)4)19-32-13-15-36(5,6)7/h8-11,16-17H,12-15,18-19H2,1-7H3. The number of nitrogens with zero attached hydrogens (tertiary/aromatic N) is 4. The van der Waals surface area contributed by atoms with Crippen molar-refractivity contribution in [1.29, 1.82) is 0 Å². The molecule has 3 aromatic rings. The summed E-state index contributed by atoms with van der Waals surface area (Å²) < 4.78 is 21.3. The molecule has 0 radical (unpaired) electrons. The Bertz CT molecular complexity index is 1100. The number of halogens is 1. The topological polar surface area (TPSA) is 61.1 Å². The van der Waals surface area contributed by atoms with Gasteiger partial charge in [-0.1, -0.05) is 39.3 Å². The maximum absolute atomic E-state index is 6.18. The third-order valence-corrected chi connectivity index (χ3v) is 10.4. The number of benzene rings is 1.